The highest BCUT2D eigenvalue weighted by atomic mass is 32.2. The van der Waals surface area contributed by atoms with Crippen molar-refractivity contribution < 1.29 is 14.3 Å². The van der Waals surface area contributed by atoms with Crippen LogP contribution < -0.4 is 5.32 Å². The number of anilines is 1. The molecule has 0 radical (unpaired) electrons. The zero-order valence-corrected chi connectivity index (χ0v) is 19.6. The maximum atomic E-state index is 12.4. The number of pyridine rings is 1. The van der Waals surface area contributed by atoms with Gasteiger partial charge in [0, 0.05) is 17.9 Å². The highest BCUT2D eigenvalue weighted by Gasteiger charge is 2.22. The van der Waals surface area contributed by atoms with E-state index in [-0.39, 0.29) is 24.5 Å². The Hall–Kier alpha value is -2.88. The molecule has 1 amide bonds. The predicted molar refractivity (Wildman–Crippen MR) is 121 cm³/mol. The molecule has 2 aromatic heterocycles. The molecule has 0 spiro atoms. The number of ether oxygens (including phenoxy) is 1. The van der Waals surface area contributed by atoms with E-state index in [0.29, 0.717) is 37.7 Å². The molecule has 0 aliphatic rings. The van der Waals surface area contributed by atoms with Crippen LogP contribution in [0.2, 0.25) is 0 Å². The molecule has 7 nitrogen and oxygen atoms in total. The van der Waals surface area contributed by atoms with Crippen LogP contribution in [0.15, 0.2) is 17.2 Å². The van der Waals surface area contributed by atoms with Gasteiger partial charge in [-0.2, -0.15) is 10.5 Å². The summed E-state index contributed by atoms with van der Waals surface area (Å²) in [5.74, 6) is 0.0916. The Morgan fingerprint density at radius 2 is 2.03 bits per heavy atom. The fourth-order valence-corrected chi connectivity index (χ4v) is 4.76. The number of amides is 1. The quantitative estimate of drug-likeness (QED) is 0.430. The van der Waals surface area contributed by atoms with Gasteiger partial charge in [0.05, 0.1) is 17.7 Å². The largest absolute Gasteiger partial charge is 0.462 e. The molecular formula is C22H24N4O3S2. The van der Waals surface area contributed by atoms with Crippen LogP contribution in [0.1, 0.15) is 59.2 Å². The number of rotatable bonds is 9. The molecule has 0 fully saturated rings. The van der Waals surface area contributed by atoms with Crippen LogP contribution in [0.5, 0.6) is 0 Å². The van der Waals surface area contributed by atoms with Gasteiger partial charge >= 0.3 is 5.97 Å². The molecule has 0 aliphatic carbocycles. The number of aromatic nitrogens is 1. The Balaban J connectivity index is 2.04. The van der Waals surface area contributed by atoms with E-state index in [1.807, 2.05) is 12.1 Å². The average Bonchev–Trinajstić information content (AvgIpc) is 3.03. The Kier molecular flexibility index (Phi) is 9.04. The first-order valence-corrected chi connectivity index (χ1v) is 11.6. The number of esters is 1. The standard InChI is InChI=1S/C22H24N4O3S2/c1-5-29-22(28)19-14(4)17(12-24)21(31-19)26-18(27)8-9-30-20-15(11-23)6-7-16(25-20)10-13(2)3/h6-7,13H,5,8-10H2,1-4H3,(H,26,27). The number of thioether (sulfide) groups is 1. The zero-order chi connectivity index (χ0) is 23.0. The average molecular weight is 457 g/mol. The summed E-state index contributed by atoms with van der Waals surface area (Å²) in [7, 11) is 0. The fraction of sp³-hybridized carbons (Fsp3) is 0.409. The number of nitrogens with one attached hydrogen (secondary N) is 1. The van der Waals surface area contributed by atoms with Gasteiger partial charge in [-0.3, -0.25) is 4.79 Å². The van der Waals surface area contributed by atoms with Crippen LogP contribution in [0.3, 0.4) is 0 Å². The number of thiophene rings is 1. The fourth-order valence-electron chi connectivity index (χ4n) is 2.76. The minimum atomic E-state index is -0.506. The number of hydrogen-bond donors (Lipinski definition) is 1. The van der Waals surface area contributed by atoms with E-state index < -0.39 is 5.97 Å². The SMILES string of the molecule is CCOC(=O)c1sc(NC(=O)CCSc2nc(CC(C)C)ccc2C#N)c(C#N)c1C. The van der Waals surface area contributed by atoms with Gasteiger partial charge in [-0.1, -0.05) is 13.8 Å². The molecule has 0 saturated carbocycles. The molecule has 9 heteroatoms. The second-order valence-corrected chi connectivity index (χ2v) is 9.21. The summed E-state index contributed by atoms with van der Waals surface area (Å²) in [6, 6.07) is 7.80. The number of carbonyl (C=O) groups is 2. The van der Waals surface area contributed by atoms with Gasteiger partial charge in [0.2, 0.25) is 5.91 Å². The Morgan fingerprint density at radius 3 is 2.65 bits per heavy atom. The summed E-state index contributed by atoms with van der Waals surface area (Å²) >= 11 is 2.39. The third kappa shape index (κ3) is 6.55. The maximum Gasteiger partial charge on any atom is 0.348 e. The van der Waals surface area contributed by atoms with E-state index in [2.05, 4.69) is 30.2 Å². The monoisotopic (exact) mass is 456 g/mol. The van der Waals surface area contributed by atoms with Crippen molar-refractivity contribution in [1.29, 1.82) is 10.5 Å². The van der Waals surface area contributed by atoms with Gasteiger partial charge in [-0.05, 0) is 43.9 Å². The Labute approximate surface area is 190 Å². The molecule has 0 aromatic carbocycles. The molecule has 0 saturated heterocycles. The van der Waals surface area contributed by atoms with Gasteiger partial charge in [0.25, 0.3) is 0 Å². The lowest BCUT2D eigenvalue weighted by molar-refractivity contribution is -0.115. The lowest BCUT2D eigenvalue weighted by Gasteiger charge is -2.08. The summed E-state index contributed by atoms with van der Waals surface area (Å²) in [6.45, 7) is 7.80. The predicted octanol–water partition coefficient (Wildman–Crippen LogP) is 4.69. The van der Waals surface area contributed by atoms with E-state index in [1.165, 1.54) is 11.8 Å². The lowest BCUT2D eigenvalue weighted by Crippen LogP contribution is -2.12. The van der Waals surface area contributed by atoms with Crippen LogP contribution in [-0.2, 0) is 16.0 Å². The van der Waals surface area contributed by atoms with E-state index in [0.717, 1.165) is 23.5 Å². The van der Waals surface area contributed by atoms with Crippen molar-refractivity contribution in [2.24, 2.45) is 5.92 Å². The molecule has 31 heavy (non-hydrogen) atoms. The van der Waals surface area contributed by atoms with Crippen molar-refractivity contribution in [2.45, 2.75) is 45.6 Å². The molecule has 2 rings (SSSR count). The van der Waals surface area contributed by atoms with Crippen LogP contribution in [0, 0.1) is 35.5 Å². The first kappa shape index (κ1) is 24.4. The van der Waals surface area contributed by atoms with Crippen molar-refractivity contribution >= 4 is 40.0 Å². The van der Waals surface area contributed by atoms with E-state index in [9.17, 15) is 20.1 Å². The molecule has 162 valence electrons. The van der Waals surface area contributed by atoms with Crippen molar-refractivity contribution in [3.05, 3.63) is 39.4 Å². The van der Waals surface area contributed by atoms with Crippen LogP contribution in [0.4, 0.5) is 5.00 Å². The molecule has 0 aliphatic heterocycles. The summed E-state index contributed by atoms with van der Waals surface area (Å²) in [6.07, 6.45) is 0.986. The number of nitrogens with zero attached hydrogens (tertiary/aromatic N) is 3. The van der Waals surface area contributed by atoms with Gasteiger partial charge in [-0.25, -0.2) is 9.78 Å². The third-order valence-corrected chi connectivity index (χ3v) is 6.38. The van der Waals surface area contributed by atoms with Gasteiger partial charge in [0.15, 0.2) is 0 Å². The normalized spacial score (nSPS) is 10.4. The second kappa shape index (κ2) is 11.5. The first-order valence-electron chi connectivity index (χ1n) is 9.83. The number of hydrogen-bond acceptors (Lipinski definition) is 8. The Bertz CT molecular complexity index is 1050. The van der Waals surface area contributed by atoms with Crippen molar-refractivity contribution in [1.82, 2.24) is 4.98 Å². The summed E-state index contributed by atoms with van der Waals surface area (Å²) in [4.78, 5) is 29.3. The zero-order valence-electron chi connectivity index (χ0n) is 17.9. The smallest absolute Gasteiger partial charge is 0.348 e. The topological polar surface area (TPSA) is 116 Å². The van der Waals surface area contributed by atoms with Crippen LogP contribution in [-0.4, -0.2) is 29.2 Å². The summed E-state index contributed by atoms with van der Waals surface area (Å²) < 4.78 is 5.01. The molecule has 2 heterocycles. The van der Waals surface area contributed by atoms with E-state index in [4.69, 9.17) is 4.74 Å². The second-order valence-electron chi connectivity index (χ2n) is 7.10. The van der Waals surface area contributed by atoms with Gasteiger partial charge < -0.3 is 10.1 Å². The lowest BCUT2D eigenvalue weighted by atomic mass is 10.1. The number of carbonyl (C=O) groups excluding carboxylic acids is 2. The molecule has 0 atom stereocenters. The van der Waals surface area contributed by atoms with E-state index >= 15 is 0 Å². The van der Waals surface area contributed by atoms with E-state index in [1.54, 1.807) is 19.9 Å². The maximum absolute atomic E-state index is 12.4. The summed E-state index contributed by atoms with van der Waals surface area (Å²) in [5, 5.41) is 22.4. The molecule has 0 bridgehead atoms. The minimum absolute atomic E-state index is 0.169. The van der Waals surface area contributed by atoms with Crippen LogP contribution in [0.25, 0.3) is 0 Å². The van der Waals surface area contributed by atoms with Crippen LogP contribution >= 0.6 is 23.1 Å². The number of nitriles is 2. The highest BCUT2D eigenvalue weighted by molar-refractivity contribution is 7.99. The Morgan fingerprint density at radius 1 is 1.29 bits per heavy atom. The minimum Gasteiger partial charge on any atom is -0.462 e. The van der Waals surface area contributed by atoms with Crippen molar-refractivity contribution in [2.75, 3.05) is 17.7 Å². The summed E-state index contributed by atoms with van der Waals surface area (Å²) in [5.41, 5.74) is 2.17. The highest BCUT2D eigenvalue weighted by Crippen LogP contribution is 2.33. The molecular weight excluding hydrogens is 432 g/mol. The van der Waals surface area contributed by atoms with Gasteiger partial charge in [0.1, 0.15) is 27.0 Å². The third-order valence-electron chi connectivity index (χ3n) is 4.20. The van der Waals surface area contributed by atoms with Crippen molar-refractivity contribution in [3.63, 3.8) is 0 Å². The molecule has 1 N–H and O–H groups in total. The van der Waals surface area contributed by atoms with Gasteiger partial charge in [-0.15, -0.1) is 23.1 Å². The molecule has 0 unspecified atom stereocenters. The first-order chi connectivity index (χ1) is 14.8. The van der Waals surface area contributed by atoms with Crippen molar-refractivity contribution in [3.8, 4) is 12.1 Å². The molecule has 2 aromatic rings.